The van der Waals surface area contributed by atoms with E-state index in [0.717, 1.165) is 25.7 Å². The molecule has 94 valence electrons. The van der Waals surface area contributed by atoms with Crippen molar-refractivity contribution >= 4 is 27.4 Å². The van der Waals surface area contributed by atoms with Gasteiger partial charge in [-0.05, 0) is 41.7 Å². The lowest BCUT2D eigenvalue weighted by Gasteiger charge is -2.38. The van der Waals surface area contributed by atoms with Crippen LogP contribution in [0.1, 0.15) is 24.8 Å². The molecule has 0 unspecified atom stereocenters. The van der Waals surface area contributed by atoms with Gasteiger partial charge >= 0.3 is 5.97 Å². The number of esters is 1. The van der Waals surface area contributed by atoms with Crippen molar-refractivity contribution in [1.29, 1.82) is 0 Å². The molecule has 0 radical (unpaired) electrons. The molecule has 0 atom stereocenters. The number of ether oxygens (including phenoxy) is 1. The average Bonchev–Trinajstić information content (AvgIpc) is 2.76. The Morgan fingerprint density at radius 1 is 1.39 bits per heavy atom. The Hall–Kier alpha value is -1.35. The van der Waals surface area contributed by atoms with E-state index in [4.69, 9.17) is 4.74 Å². The Kier molecular flexibility index (Phi) is 2.86. The summed E-state index contributed by atoms with van der Waals surface area (Å²) >= 11 is 1.76. The monoisotopic (exact) mass is 260 g/mol. The fraction of sp³-hybridized carbons (Fsp3) is 0.400. The maximum absolute atomic E-state index is 12.0. The molecule has 3 rings (SSSR count). The van der Waals surface area contributed by atoms with Gasteiger partial charge in [-0.25, -0.2) is 0 Å². The molecule has 2 aromatic rings. The summed E-state index contributed by atoms with van der Waals surface area (Å²) in [6, 6.07) is 8.39. The first kappa shape index (κ1) is 11.7. The Labute approximate surface area is 111 Å². The Bertz CT molecular complexity index is 581. The highest BCUT2D eigenvalue weighted by molar-refractivity contribution is 7.17. The smallest absolute Gasteiger partial charge is 0.312 e. The van der Waals surface area contributed by atoms with Gasteiger partial charge in [0.15, 0.2) is 0 Å². The van der Waals surface area contributed by atoms with E-state index in [1.807, 2.05) is 0 Å². The summed E-state index contributed by atoms with van der Waals surface area (Å²) in [4.78, 5) is 12.0. The summed E-state index contributed by atoms with van der Waals surface area (Å²) < 4.78 is 6.28. The van der Waals surface area contributed by atoms with Gasteiger partial charge in [-0.1, -0.05) is 24.6 Å². The van der Waals surface area contributed by atoms with Crippen LogP contribution < -0.4 is 0 Å². The molecular formula is C15H16O2S. The van der Waals surface area contributed by atoms with Crippen LogP contribution in [0.5, 0.6) is 0 Å². The minimum Gasteiger partial charge on any atom is -0.469 e. The summed E-state index contributed by atoms with van der Waals surface area (Å²) in [5.41, 5.74) is 1.04. The second-order valence-electron chi connectivity index (χ2n) is 5.06. The molecule has 2 nitrogen and oxygen atoms in total. The highest BCUT2D eigenvalue weighted by Crippen LogP contribution is 2.46. The van der Waals surface area contributed by atoms with Gasteiger partial charge in [-0.2, -0.15) is 0 Å². The van der Waals surface area contributed by atoms with E-state index in [1.165, 1.54) is 22.8 Å². The highest BCUT2D eigenvalue weighted by atomic mass is 32.1. The molecule has 1 saturated carbocycles. The summed E-state index contributed by atoms with van der Waals surface area (Å²) in [7, 11) is 1.49. The lowest BCUT2D eigenvalue weighted by atomic mass is 9.65. The average molecular weight is 260 g/mol. The number of benzene rings is 1. The number of fused-ring (bicyclic) bond motifs is 1. The van der Waals surface area contributed by atoms with Crippen molar-refractivity contribution in [3.05, 3.63) is 35.2 Å². The maximum Gasteiger partial charge on any atom is 0.312 e. The molecular weight excluding hydrogens is 244 g/mol. The van der Waals surface area contributed by atoms with Crippen LogP contribution >= 0.6 is 11.3 Å². The highest BCUT2D eigenvalue weighted by Gasteiger charge is 2.45. The predicted octanol–water partition coefficient (Wildman–Crippen LogP) is 3.79. The van der Waals surface area contributed by atoms with Gasteiger partial charge in [0.1, 0.15) is 0 Å². The summed E-state index contributed by atoms with van der Waals surface area (Å²) in [6.45, 7) is 0. The zero-order valence-electron chi connectivity index (χ0n) is 10.4. The number of hydrogen-bond acceptors (Lipinski definition) is 3. The van der Waals surface area contributed by atoms with Crippen molar-refractivity contribution < 1.29 is 9.53 Å². The van der Waals surface area contributed by atoms with Crippen molar-refractivity contribution in [2.45, 2.75) is 25.7 Å². The molecule has 1 aliphatic carbocycles. The zero-order chi connectivity index (χ0) is 12.6. The van der Waals surface area contributed by atoms with Crippen LogP contribution in [0.4, 0.5) is 0 Å². The van der Waals surface area contributed by atoms with E-state index in [1.54, 1.807) is 11.3 Å². The van der Waals surface area contributed by atoms with Crippen LogP contribution in [0.25, 0.3) is 10.1 Å². The molecule has 1 heterocycles. The van der Waals surface area contributed by atoms with Gasteiger partial charge in [0.05, 0.1) is 12.5 Å². The summed E-state index contributed by atoms with van der Waals surface area (Å²) in [5.74, 6) is -0.0379. The third-order valence-electron chi connectivity index (χ3n) is 4.02. The van der Waals surface area contributed by atoms with Crippen LogP contribution in [-0.4, -0.2) is 13.1 Å². The minimum absolute atomic E-state index is 0.0379. The van der Waals surface area contributed by atoms with Crippen molar-refractivity contribution in [3.8, 4) is 0 Å². The van der Waals surface area contributed by atoms with Crippen LogP contribution in [0.2, 0.25) is 0 Å². The van der Waals surface area contributed by atoms with E-state index in [-0.39, 0.29) is 11.4 Å². The Morgan fingerprint density at radius 2 is 2.17 bits per heavy atom. The molecule has 0 spiro atoms. The number of hydrogen-bond donors (Lipinski definition) is 0. The lowest BCUT2D eigenvalue weighted by Crippen LogP contribution is -2.40. The van der Waals surface area contributed by atoms with Crippen molar-refractivity contribution in [1.82, 2.24) is 0 Å². The summed E-state index contributed by atoms with van der Waals surface area (Å²) in [6.07, 6.45) is 3.88. The summed E-state index contributed by atoms with van der Waals surface area (Å²) in [5, 5.41) is 3.48. The van der Waals surface area contributed by atoms with Crippen molar-refractivity contribution in [3.63, 3.8) is 0 Å². The quantitative estimate of drug-likeness (QED) is 0.785. The van der Waals surface area contributed by atoms with Gasteiger partial charge in [-0.15, -0.1) is 11.3 Å². The molecule has 0 bridgehead atoms. The second-order valence-corrected chi connectivity index (χ2v) is 5.97. The van der Waals surface area contributed by atoms with E-state index in [9.17, 15) is 4.79 Å². The second kappa shape index (κ2) is 4.39. The van der Waals surface area contributed by atoms with E-state index in [0.29, 0.717) is 0 Å². The van der Waals surface area contributed by atoms with Crippen molar-refractivity contribution in [2.75, 3.05) is 7.11 Å². The molecule has 18 heavy (non-hydrogen) atoms. The largest absolute Gasteiger partial charge is 0.469 e. The number of thiophene rings is 1. The maximum atomic E-state index is 12.0. The van der Waals surface area contributed by atoms with Gasteiger partial charge in [0, 0.05) is 4.70 Å². The van der Waals surface area contributed by atoms with Crippen LogP contribution in [0.15, 0.2) is 29.6 Å². The minimum atomic E-state index is -0.251. The first-order valence-corrected chi connectivity index (χ1v) is 7.17. The standard InChI is InChI=1S/C15H16O2S/c1-17-14(16)15(7-4-8-15)9-11-10-18-13-6-3-2-5-12(11)13/h2-3,5-6,10H,4,7-9H2,1H3. The third-order valence-corrected chi connectivity index (χ3v) is 5.03. The first-order valence-electron chi connectivity index (χ1n) is 6.29. The topological polar surface area (TPSA) is 26.3 Å². The SMILES string of the molecule is COC(=O)C1(Cc2csc3ccccc23)CCC1. The van der Waals surface area contributed by atoms with E-state index in [2.05, 4.69) is 29.6 Å². The fourth-order valence-electron chi connectivity index (χ4n) is 2.81. The number of carbonyl (C=O) groups excluding carboxylic acids is 1. The Balaban J connectivity index is 1.94. The number of carbonyl (C=O) groups is 1. The van der Waals surface area contributed by atoms with Gasteiger partial charge in [0.2, 0.25) is 0 Å². The predicted molar refractivity (Wildman–Crippen MR) is 73.8 cm³/mol. The molecule has 1 aromatic carbocycles. The third kappa shape index (κ3) is 1.74. The Morgan fingerprint density at radius 3 is 2.83 bits per heavy atom. The van der Waals surface area contributed by atoms with Gasteiger partial charge in [0.25, 0.3) is 0 Å². The lowest BCUT2D eigenvalue weighted by molar-refractivity contribution is -0.158. The normalized spacial score (nSPS) is 17.4. The molecule has 1 fully saturated rings. The molecule has 0 aliphatic heterocycles. The molecule has 0 amide bonds. The molecule has 3 heteroatoms. The van der Waals surface area contributed by atoms with E-state index >= 15 is 0 Å². The van der Waals surface area contributed by atoms with Gasteiger partial charge < -0.3 is 4.74 Å². The number of methoxy groups -OCH3 is 1. The van der Waals surface area contributed by atoms with Crippen LogP contribution in [-0.2, 0) is 16.0 Å². The van der Waals surface area contributed by atoms with Gasteiger partial charge in [-0.3, -0.25) is 4.79 Å². The fourth-order valence-corrected chi connectivity index (χ4v) is 3.77. The van der Waals surface area contributed by atoms with Crippen LogP contribution in [0.3, 0.4) is 0 Å². The molecule has 1 aliphatic rings. The molecule has 0 saturated heterocycles. The van der Waals surface area contributed by atoms with E-state index < -0.39 is 0 Å². The molecule has 1 aromatic heterocycles. The number of rotatable bonds is 3. The first-order chi connectivity index (χ1) is 8.75. The van der Waals surface area contributed by atoms with Crippen molar-refractivity contribution in [2.24, 2.45) is 5.41 Å². The molecule has 0 N–H and O–H groups in total. The zero-order valence-corrected chi connectivity index (χ0v) is 11.3. The van der Waals surface area contributed by atoms with Crippen LogP contribution in [0, 0.1) is 5.41 Å².